The summed E-state index contributed by atoms with van der Waals surface area (Å²) in [7, 11) is 0. The molecule has 0 spiro atoms. The minimum absolute atomic E-state index is 0.0101. The summed E-state index contributed by atoms with van der Waals surface area (Å²) >= 11 is 6.11. The van der Waals surface area contributed by atoms with Crippen LogP contribution in [0.5, 0.6) is 0 Å². The molecule has 2 fully saturated rings. The zero-order chi connectivity index (χ0) is 19.1. The molecule has 0 bridgehead atoms. The molecule has 0 saturated carbocycles. The molecule has 0 unspecified atom stereocenters. The number of likely N-dealkylation sites (tertiary alicyclic amines) is 2. The number of fused-ring (bicyclic) bond motifs is 1. The fraction of sp³-hybridized carbons (Fsp3) is 0.611. The SMILES string of the molecule is CC(=O)N1CC[C@]2(CO)CN(Cc3cc(C(F)(F)F)ccc3Cl)C[C@@H]2C1. The molecule has 2 aliphatic rings. The van der Waals surface area contributed by atoms with E-state index in [2.05, 4.69) is 0 Å². The molecular weight excluding hydrogens is 369 g/mol. The van der Waals surface area contributed by atoms with Crippen LogP contribution in [0.25, 0.3) is 0 Å². The largest absolute Gasteiger partial charge is 0.416 e. The van der Waals surface area contributed by atoms with Crippen LogP contribution in [0.1, 0.15) is 24.5 Å². The molecule has 26 heavy (non-hydrogen) atoms. The van der Waals surface area contributed by atoms with Gasteiger partial charge in [-0.3, -0.25) is 9.69 Å². The molecule has 0 aromatic heterocycles. The van der Waals surface area contributed by atoms with Gasteiger partial charge in [0.2, 0.25) is 5.91 Å². The van der Waals surface area contributed by atoms with Crippen LogP contribution in [0.2, 0.25) is 5.02 Å². The molecule has 4 nitrogen and oxygen atoms in total. The average molecular weight is 391 g/mol. The molecule has 1 amide bonds. The predicted octanol–water partition coefficient (Wildman–Crippen LogP) is 3.02. The van der Waals surface area contributed by atoms with E-state index >= 15 is 0 Å². The standard InChI is InChI=1S/C18H22ClF3N2O2/c1-12(26)24-5-4-17(11-25)10-23(8-15(17)9-24)7-13-6-14(18(20,21)22)2-3-16(13)19/h2-3,6,15,25H,4-5,7-11H2,1H3/t15-,17-/m1/s1. The lowest BCUT2D eigenvalue weighted by atomic mass is 9.73. The molecule has 1 aromatic carbocycles. The smallest absolute Gasteiger partial charge is 0.396 e. The van der Waals surface area contributed by atoms with Crippen molar-refractivity contribution in [2.75, 3.05) is 32.8 Å². The van der Waals surface area contributed by atoms with Crippen LogP contribution in [-0.4, -0.2) is 53.6 Å². The second kappa shape index (κ2) is 7.02. The van der Waals surface area contributed by atoms with E-state index in [1.807, 2.05) is 4.90 Å². The highest BCUT2D eigenvalue weighted by Gasteiger charge is 2.49. The molecule has 2 atom stereocenters. The molecule has 2 heterocycles. The fourth-order valence-corrected chi connectivity index (χ4v) is 4.35. The lowest BCUT2D eigenvalue weighted by molar-refractivity contribution is -0.137. The van der Waals surface area contributed by atoms with E-state index in [0.717, 1.165) is 12.1 Å². The number of alkyl halides is 3. The third kappa shape index (κ3) is 3.70. The van der Waals surface area contributed by atoms with Crippen molar-refractivity contribution in [1.82, 2.24) is 9.80 Å². The first-order valence-electron chi connectivity index (χ1n) is 8.59. The molecule has 144 valence electrons. The Kier molecular flexibility index (Phi) is 5.25. The lowest BCUT2D eigenvalue weighted by Crippen LogP contribution is -2.50. The highest BCUT2D eigenvalue weighted by Crippen LogP contribution is 2.43. The van der Waals surface area contributed by atoms with E-state index < -0.39 is 11.7 Å². The van der Waals surface area contributed by atoms with E-state index in [1.54, 1.807) is 4.90 Å². The van der Waals surface area contributed by atoms with Gasteiger partial charge in [0.05, 0.1) is 12.2 Å². The molecule has 2 aliphatic heterocycles. The van der Waals surface area contributed by atoms with E-state index in [9.17, 15) is 23.1 Å². The van der Waals surface area contributed by atoms with Gasteiger partial charge in [-0.05, 0) is 36.1 Å². The number of halogens is 4. The number of hydrogen-bond donors (Lipinski definition) is 1. The van der Waals surface area contributed by atoms with Gasteiger partial charge in [0.15, 0.2) is 0 Å². The summed E-state index contributed by atoms with van der Waals surface area (Å²) in [5.74, 6) is 0.116. The number of amides is 1. The van der Waals surface area contributed by atoms with Crippen molar-refractivity contribution in [2.24, 2.45) is 11.3 Å². The summed E-state index contributed by atoms with van der Waals surface area (Å²) in [6.45, 7) is 4.22. The third-order valence-corrected chi connectivity index (χ3v) is 6.10. The maximum absolute atomic E-state index is 13.0. The van der Waals surface area contributed by atoms with Gasteiger partial charge in [0.1, 0.15) is 0 Å². The Balaban J connectivity index is 1.77. The summed E-state index contributed by atoms with van der Waals surface area (Å²) in [6.07, 6.45) is -3.72. The molecule has 2 saturated heterocycles. The third-order valence-electron chi connectivity index (χ3n) is 5.73. The van der Waals surface area contributed by atoms with Crippen LogP contribution in [0.4, 0.5) is 13.2 Å². The van der Waals surface area contributed by atoms with Crippen molar-refractivity contribution in [1.29, 1.82) is 0 Å². The van der Waals surface area contributed by atoms with E-state index in [0.29, 0.717) is 49.7 Å². The predicted molar refractivity (Wildman–Crippen MR) is 91.6 cm³/mol. The molecule has 3 rings (SSSR count). The Bertz CT molecular complexity index is 698. The van der Waals surface area contributed by atoms with E-state index in [-0.39, 0.29) is 23.8 Å². The number of carbonyl (C=O) groups is 1. The maximum atomic E-state index is 13.0. The summed E-state index contributed by atoms with van der Waals surface area (Å²) in [5, 5.41) is 10.3. The first-order valence-corrected chi connectivity index (χ1v) is 8.97. The molecule has 0 aliphatic carbocycles. The Morgan fingerprint density at radius 3 is 2.73 bits per heavy atom. The maximum Gasteiger partial charge on any atom is 0.416 e. The summed E-state index contributed by atoms with van der Waals surface area (Å²) in [6, 6.07) is 3.36. The first kappa shape index (κ1) is 19.5. The summed E-state index contributed by atoms with van der Waals surface area (Å²) in [5.41, 5.74) is -0.593. The van der Waals surface area contributed by atoms with Crippen molar-refractivity contribution < 1.29 is 23.1 Å². The van der Waals surface area contributed by atoms with Crippen LogP contribution in [0.15, 0.2) is 18.2 Å². The summed E-state index contributed by atoms with van der Waals surface area (Å²) < 4.78 is 38.9. The lowest BCUT2D eigenvalue weighted by Gasteiger charge is -2.42. The zero-order valence-corrected chi connectivity index (χ0v) is 15.3. The van der Waals surface area contributed by atoms with Crippen LogP contribution >= 0.6 is 11.6 Å². The number of aliphatic hydroxyl groups is 1. The topological polar surface area (TPSA) is 43.8 Å². The number of aliphatic hydroxyl groups excluding tert-OH is 1. The van der Waals surface area contributed by atoms with E-state index in [4.69, 9.17) is 11.6 Å². The fourth-order valence-electron chi connectivity index (χ4n) is 4.17. The highest BCUT2D eigenvalue weighted by atomic mass is 35.5. The molecule has 0 radical (unpaired) electrons. The van der Waals surface area contributed by atoms with Gasteiger partial charge >= 0.3 is 6.18 Å². The normalized spacial score (nSPS) is 26.8. The van der Waals surface area contributed by atoms with Crippen molar-refractivity contribution in [3.05, 3.63) is 34.3 Å². The van der Waals surface area contributed by atoms with Crippen molar-refractivity contribution in [2.45, 2.75) is 26.1 Å². The molecule has 1 N–H and O–H groups in total. The Labute approximate surface area is 155 Å². The van der Waals surface area contributed by atoms with Gasteiger partial charge in [-0.15, -0.1) is 0 Å². The van der Waals surface area contributed by atoms with Crippen molar-refractivity contribution >= 4 is 17.5 Å². The minimum Gasteiger partial charge on any atom is -0.396 e. The first-order chi connectivity index (χ1) is 12.1. The molecule has 8 heteroatoms. The zero-order valence-electron chi connectivity index (χ0n) is 14.5. The van der Waals surface area contributed by atoms with Gasteiger partial charge in [-0.2, -0.15) is 13.2 Å². The number of benzene rings is 1. The van der Waals surface area contributed by atoms with Crippen LogP contribution in [0.3, 0.4) is 0 Å². The molecular formula is C18H22ClF3N2O2. The van der Waals surface area contributed by atoms with Gasteiger partial charge in [-0.25, -0.2) is 0 Å². The average Bonchev–Trinajstić information content (AvgIpc) is 2.93. The Hall–Kier alpha value is -1.31. The number of rotatable bonds is 3. The van der Waals surface area contributed by atoms with Crippen LogP contribution in [0, 0.1) is 11.3 Å². The van der Waals surface area contributed by atoms with Gasteiger partial charge in [0.25, 0.3) is 0 Å². The van der Waals surface area contributed by atoms with Gasteiger partial charge < -0.3 is 10.0 Å². The molecule has 1 aromatic rings. The van der Waals surface area contributed by atoms with Gasteiger partial charge in [0, 0.05) is 50.1 Å². The monoisotopic (exact) mass is 390 g/mol. The minimum atomic E-state index is -4.41. The van der Waals surface area contributed by atoms with Crippen LogP contribution in [-0.2, 0) is 17.5 Å². The van der Waals surface area contributed by atoms with Crippen molar-refractivity contribution in [3.63, 3.8) is 0 Å². The van der Waals surface area contributed by atoms with Gasteiger partial charge in [-0.1, -0.05) is 11.6 Å². The number of piperidine rings is 1. The quantitative estimate of drug-likeness (QED) is 0.862. The van der Waals surface area contributed by atoms with E-state index in [1.165, 1.54) is 13.0 Å². The number of nitrogens with zero attached hydrogens (tertiary/aromatic N) is 2. The second-order valence-electron chi connectivity index (χ2n) is 7.41. The Morgan fingerprint density at radius 1 is 1.38 bits per heavy atom. The van der Waals surface area contributed by atoms with Crippen LogP contribution < -0.4 is 0 Å². The highest BCUT2D eigenvalue weighted by molar-refractivity contribution is 6.31. The van der Waals surface area contributed by atoms with Crippen molar-refractivity contribution in [3.8, 4) is 0 Å². The number of hydrogen-bond acceptors (Lipinski definition) is 3. The number of carbonyl (C=O) groups excluding carboxylic acids is 1. The summed E-state index contributed by atoms with van der Waals surface area (Å²) in [4.78, 5) is 15.5. The second-order valence-corrected chi connectivity index (χ2v) is 7.81. The Morgan fingerprint density at radius 2 is 2.12 bits per heavy atom.